The maximum Gasteiger partial charge on any atom is 0.0638 e. The Morgan fingerprint density at radius 1 is 1.11 bits per heavy atom. The van der Waals surface area contributed by atoms with Gasteiger partial charge in [0, 0.05) is 22.8 Å². The fourth-order valence-electron chi connectivity index (χ4n) is 2.41. The fraction of sp³-hybridized carbons (Fsp3) is 0.214. The van der Waals surface area contributed by atoms with E-state index in [4.69, 9.17) is 17.3 Å². The molecule has 3 rings (SSSR count). The predicted molar refractivity (Wildman–Crippen MR) is 78.0 cm³/mol. The Labute approximate surface area is 119 Å². The van der Waals surface area contributed by atoms with Gasteiger partial charge in [0.2, 0.25) is 0 Å². The summed E-state index contributed by atoms with van der Waals surface area (Å²) >= 11 is 9.56. The number of pyridine rings is 1. The number of hydrogen-bond acceptors (Lipinski definition) is 2. The van der Waals surface area contributed by atoms with Crippen molar-refractivity contribution in [3.05, 3.63) is 56.3 Å². The van der Waals surface area contributed by atoms with Gasteiger partial charge in [-0.2, -0.15) is 0 Å². The lowest BCUT2D eigenvalue weighted by atomic mass is 10.0. The number of nitrogens with zero attached hydrogens (tertiary/aromatic N) is 1. The van der Waals surface area contributed by atoms with Gasteiger partial charge in [0.25, 0.3) is 0 Å². The number of halogens is 2. The van der Waals surface area contributed by atoms with Crippen molar-refractivity contribution in [2.45, 2.75) is 19.3 Å². The van der Waals surface area contributed by atoms with Crippen LogP contribution >= 0.6 is 27.5 Å². The molecule has 0 saturated carbocycles. The topological polar surface area (TPSA) is 38.9 Å². The molecular formula is C14H12BrClN2. The van der Waals surface area contributed by atoms with Crippen molar-refractivity contribution in [3.63, 3.8) is 0 Å². The molecule has 2 nitrogen and oxygen atoms in total. The summed E-state index contributed by atoms with van der Waals surface area (Å²) in [5, 5.41) is 0.647. The number of benzene rings is 1. The Hall–Kier alpha value is -1.06. The van der Waals surface area contributed by atoms with Crippen molar-refractivity contribution < 1.29 is 0 Å². The van der Waals surface area contributed by atoms with Gasteiger partial charge in [-0.15, -0.1) is 0 Å². The predicted octanol–water partition coefficient (Wildman–Crippen LogP) is 3.77. The molecule has 0 atom stereocenters. The molecule has 1 heterocycles. The third kappa shape index (κ3) is 2.13. The van der Waals surface area contributed by atoms with Gasteiger partial charge in [-0.05, 0) is 63.7 Å². The van der Waals surface area contributed by atoms with Crippen molar-refractivity contribution in [1.82, 2.24) is 4.98 Å². The smallest absolute Gasteiger partial charge is 0.0638 e. The number of fused-ring (bicyclic) bond motifs is 2. The molecule has 0 saturated heterocycles. The Kier molecular flexibility index (Phi) is 3.04. The second-order valence-electron chi connectivity index (χ2n) is 4.58. The highest BCUT2D eigenvalue weighted by Crippen LogP contribution is 2.30. The SMILES string of the molecule is Nc1cc2c(cc1Cl)CCc1cc(Br)cnc1C2. The molecule has 0 fully saturated rings. The number of rotatable bonds is 0. The first kappa shape index (κ1) is 12.0. The van der Waals surface area contributed by atoms with Crippen LogP contribution in [0.5, 0.6) is 0 Å². The molecule has 0 radical (unpaired) electrons. The number of hydrogen-bond donors (Lipinski definition) is 1. The van der Waals surface area contributed by atoms with Crippen LogP contribution in [0.1, 0.15) is 22.4 Å². The minimum atomic E-state index is 0.647. The quantitative estimate of drug-likeness (QED) is 0.750. The van der Waals surface area contributed by atoms with E-state index < -0.39 is 0 Å². The molecule has 0 amide bonds. The van der Waals surface area contributed by atoms with Crippen LogP contribution in [0, 0.1) is 0 Å². The fourth-order valence-corrected chi connectivity index (χ4v) is 2.98. The van der Waals surface area contributed by atoms with Crippen LogP contribution in [-0.2, 0) is 19.3 Å². The first-order chi connectivity index (χ1) is 8.63. The summed E-state index contributed by atoms with van der Waals surface area (Å²) in [6, 6.07) is 6.13. The summed E-state index contributed by atoms with van der Waals surface area (Å²) in [6.07, 6.45) is 4.66. The minimum absolute atomic E-state index is 0.647. The molecule has 0 bridgehead atoms. The lowest BCUT2D eigenvalue weighted by Crippen LogP contribution is -1.97. The number of nitrogen functional groups attached to an aromatic ring is 1. The van der Waals surface area contributed by atoms with Crippen LogP contribution in [0.25, 0.3) is 0 Å². The minimum Gasteiger partial charge on any atom is -0.398 e. The summed E-state index contributed by atoms with van der Waals surface area (Å²) in [5.41, 5.74) is 11.5. The Morgan fingerprint density at radius 3 is 2.72 bits per heavy atom. The van der Waals surface area contributed by atoms with E-state index in [0.717, 1.165) is 29.4 Å². The van der Waals surface area contributed by atoms with E-state index in [1.54, 1.807) is 0 Å². The molecule has 18 heavy (non-hydrogen) atoms. The van der Waals surface area contributed by atoms with E-state index in [1.807, 2.05) is 18.3 Å². The molecule has 1 aromatic heterocycles. The molecule has 1 aliphatic carbocycles. The lowest BCUT2D eigenvalue weighted by Gasteiger charge is -2.08. The second kappa shape index (κ2) is 4.56. The normalized spacial score (nSPS) is 13.7. The molecule has 1 aliphatic rings. The summed E-state index contributed by atoms with van der Waals surface area (Å²) in [6.45, 7) is 0. The van der Waals surface area contributed by atoms with Crippen molar-refractivity contribution in [3.8, 4) is 0 Å². The largest absolute Gasteiger partial charge is 0.398 e. The molecule has 0 spiro atoms. The number of aromatic nitrogens is 1. The summed E-state index contributed by atoms with van der Waals surface area (Å²) in [7, 11) is 0. The molecule has 92 valence electrons. The van der Waals surface area contributed by atoms with Crippen molar-refractivity contribution in [1.29, 1.82) is 0 Å². The summed E-state index contributed by atoms with van der Waals surface area (Å²) < 4.78 is 1.03. The zero-order chi connectivity index (χ0) is 12.7. The van der Waals surface area contributed by atoms with Crippen molar-refractivity contribution in [2.24, 2.45) is 0 Å². The standard InChI is InChI=1S/C14H12BrClN2/c15-11-3-9-2-1-8-4-12(16)13(17)5-10(8)6-14(9)18-7-11/h3-5,7H,1-2,6,17H2. The highest BCUT2D eigenvalue weighted by molar-refractivity contribution is 9.10. The Morgan fingerprint density at radius 2 is 1.89 bits per heavy atom. The zero-order valence-corrected chi connectivity index (χ0v) is 12.1. The molecule has 0 unspecified atom stereocenters. The van der Waals surface area contributed by atoms with Gasteiger partial charge < -0.3 is 5.73 Å². The lowest BCUT2D eigenvalue weighted by molar-refractivity contribution is 0.949. The summed E-state index contributed by atoms with van der Waals surface area (Å²) in [5.74, 6) is 0. The Balaban J connectivity index is 2.09. The monoisotopic (exact) mass is 322 g/mol. The van der Waals surface area contributed by atoms with E-state index in [0.29, 0.717) is 10.7 Å². The highest BCUT2D eigenvalue weighted by Gasteiger charge is 2.16. The van der Waals surface area contributed by atoms with Gasteiger partial charge in [0.05, 0.1) is 10.7 Å². The molecule has 0 aliphatic heterocycles. The van der Waals surface area contributed by atoms with Gasteiger partial charge in [-0.1, -0.05) is 11.6 Å². The van der Waals surface area contributed by atoms with E-state index in [1.165, 1.54) is 16.7 Å². The van der Waals surface area contributed by atoms with Crippen LogP contribution in [0.2, 0.25) is 5.02 Å². The molecule has 4 heteroatoms. The third-order valence-electron chi connectivity index (χ3n) is 3.37. The average molecular weight is 324 g/mol. The third-order valence-corrected chi connectivity index (χ3v) is 4.13. The van der Waals surface area contributed by atoms with Crippen LogP contribution in [0.3, 0.4) is 0 Å². The average Bonchev–Trinajstić information content (AvgIpc) is 2.50. The van der Waals surface area contributed by atoms with E-state index in [9.17, 15) is 0 Å². The number of nitrogens with two attached hydrogens (primary N) is 1. The van der Waals surface area contributed by atoms with Gasteiger partial charge >= 0.3 is 0 Å². The van der Waals surface area contributed by atoms with Gasteiger partial charge in [-0.25, -0.2) is 0 Å². The highest BCUT2D eigenvalue weighted by atomic mass is 79.9. The van der Waals surface area contributed by atoms with Crippen LogP contribution in [-0.4, -0.2) is 4.98 Å². The zero-order valence-electron chi connectivity index (χ0n) is 9.71. The van der Waals surface area contributed by atoms with Crippen molar-refractivity contribution in [2.75, 3.05) is 5.73 Å². The van der Waals surface area contributed by atoms with E-state index >= 15 is 0 Å². The second-order valence-corrected chi connectivity index (χ2v) is 5.90. The number of anilines is 1. The maximum absolute atomic E-state index is 6.09. The van der Waals surface area contributed by atoms with Gasteiger partial charge in [0.1, 0.15) is 0 Å². The van der Waals surface area contributed by atoms with Crippen LogP contribution < -0.4 is 5.73 Å². The molecule has 2 aromatic rings. The van der Waals surface area contributed by atoms with Crippen molar-refractivity contribution >= 4 is 33.2 Å². The van der Waals surface area contributed by atoms with Crippen LogP contribution in [0.4, 0.5) is 5.69 Å². The molecule has 2 N–H and O–H groups in total. The molecular weight excluding hydrogens is 312 g/mol. The first-order valence-electron chi connectivity index (χ1n) is 5.83. The van der Waals surface area contributed by atoms with Gasteiger partial charge in [0.15, 0.2) is 0 Å². The van der Waals surface area contributed by atoms with E-state index in [-0.39, 0.29) is 0 Å². The van der Waals surface area contributed by atoms with E-state index in [2.05, 4.69) is 27.0 Å². The number of aryl methyl sites for hydroxylation is 2. The van der Waals surface area contributed by atoms with Crippen LogP contribution in [0.15, 0.2) is 28.9 Å². The molecule has 1 aromatic carbocycles. The summed E-state index contributed by atoms with van der Waals surface area (Å²) in [4.78, 5) is 4.51. The Bertz CT molecular complexity index is 625. The first-order valence-corrected chi connectivity index (χ1v) is 7.00. The maximum atomic E-state index is 6.09. The van der Waals surface area contributed by atoms with Gasteiger partial charge in [-0.3, -0.25) is 4.98 Å².